The molecule has 0 heterocycles. The van der Waals surface area contributed by atoms with Gasteiger partial charge in [-0.1, -0.05) is 180 Å². The maximum atomic E-state index is 10.4. The smallest absolute Gasteiger partial charge is 0.0802 e. The van der Waals surface area contributed by atoms with E-state index in [-0.39, 0.29) is 18.2 Å². The molecule has 3 aliphatic carbocycles. The summed E-state index contributed by atoms with van der Waals surface area (Å²) < 4.78 is 0. The molecule has 63 heavy (non-hydrogen) atoms. The number of anilines is 2. The third-order valence-electron chi connectivity index (χ3n) is 15.8. The SMILES string of the molecule is CCC(CCC(C)O)c1cccc(C(c2ccc(C3CCCCC3)cc2C(C)N(c2cccc3ccccc23)C2CCCCC2)N(c2cccc3ccccc23)C2CCCCC2)c1. The van der Waals surface area contributed by atoms with Crippen LogP contribution in [0.25, 0.3) is 21.5 Å². The van der Waals surface area contributed by atoms with Crippen LogP contribution in [0.15, 0.2) is 127 Å². The molecule has 3 heteroatoms. The van der Waals surface area contributed by atoms with E-state index >= 15 is 0 Å². The van der Waals surface area contributed by atoms with Gasteiger partial charge >= 0.3 is 0 Å². The molecule has 0 saturated heterocycles. The number of benzene rings is 6. The minimum atomic E-state index is -0.288. The van der Waals surface area contributed by atoms with Crippen LogP contribution in [0.2, 0.25) is 0 Å². The van der Waals surface area contributed by atoms with Crippen LogP contribution in [-0.4, -0.2) is 23.3 Å². The van der Waals surface area contributed by atoms with Crippen molar-refractivity contribution >= 4 is 32.9 Å². The van der Waals surface area contributed by atoms with E-state index in [0.29, 0.717) is 23.9 Å². The molecule has 0 amide bonds. The van der Waals surface area contributed by atoms with E-state index in [1.165, 1.54) is 151 Å². The molecule has 3 nitrogen and oxygen atoms in total. The molecule has 6 aromatic rings. The number of nitrogens with zero attached hydrogens (tertiary/aromatic N) is 2. The van der Waals surface area contributed by atoms with Gasteiger partial charge in [-0.05, 0) is 134 Å². The summed E-state index contributed by atoms with van der Waals surface area (Å²) in [5, 5.41) is 15.8. The van der Waals surface area contributed by atoms with Gasteiger partial charge in [-0.25, -0.2) is 0 Å². The Kier molecular flexibility index (Phi) is 14.2. The number of rotatable bonds is 15. The Bertz CT molecular complexity index is 2390. The Balaban J connectivity index is 1.30. The van der Waals surface area contributed by atoms with Crippen molar-refractivity contribution in [2.75, 3.05) is 9.80 Å². The lowest BCUT2D eigenvalue weighted by Crippen LogP contribution is -2.42. The predicted molar refractivity (Wildman–Crippen MR) is 270 cm³/mol. The summed E-state index contributed by atoms with van der Waals surface area (Å²) in [6, 6.07) is 51.1. The zero-order valence-electron chi connectivity index (χ0n) is 38.7. The number of hydrogen-bond acceptors (Lipinski definition) is 3. The standard InChI is InChI=1S/C60H74N2O/c1-4-45(38-37-43(2)63)49-27-18-28-51(41-49)60(62(53-31-12-7-13-32-53)59-36-20-26-48-24-15-17-34-55(48)59)56-40-39-50(46-21-8-5-9-22-46)42-57(56)44(3)61(52-29-10-6-11-30-52)58-35-19-25-47-23-14-16-33-54(47)58/h14-20,23-28,33-36,39-46,52-53,60,63H,4-13,21-22,29-32,37-38H2,1-3H3. The minimum Gasteiger partial charge on any atom is -0.393 e. The lowest BCUT2D eigenvalue weighted by Gasteiger charge is -2.46. The van der Waals surface area contributed by atoms with Crippen LogP contribution in [0.4, 0.5) is 11.4 Å². The van der Waals surface area contributed by atoms with Crippen molar-refractivity contribution in [3.8, 4) is 0 Å². The summed E-state index contributed by atoms with van der Waals surface area (Å²) in [4.78, 5) is 5.84. The van der Waals surface area contributed by atoms with E-state index < -0.39 is 0 Å². The molecule has 0 radical (unpaired) electrons. The van der Waals surface area contributed by atoms with E-state index in [2.05, 4.69) is 151 Å². The Morgan fingerprint density at radius 1 is 0.508 bits per heavy atom. The van der Waals surface area contributed by atoms with Gasteiger partial charge < -0.3 is 14.9 Å². The Labute approximate surface area is 379 Å². The highest BCUT2D eigenvalue weighted by atomic mass is 16.3. The first-order valence-electron chi connectivity index (χ1n) is 25.4. The maximum Gasteiger partial charge on any atom is 0.0802 e. The highest BCUT2D eigenvalue weighted by Gasteiger charge is 2.37. The number of fused-ring (bicyclic) bond motifs is 2. The predicted octanol–water partition coefficient (Wildman–Crippen LogP) is 16.5. The molecule has 0 aliphatic heterocycles. The van der Waals surface area contributed by atoms with Crippen molar-refractivity contribution in [2.24, 2.45) is 0 Å². The first-order chi connectivity index (χ1) is 31.0. The van der Waals surface area contributed by atoms with Crippen molar-refractivity contribution in [1.82, 2.24) is 0 Å². The molecular formula is C60H74N2O. The van der Waals surface area contributed by atoms with Gasteiger partial charge in [0, 0.05) is 34.2 Å². The molecular weight excluding hydrogens is 765 g/mol. The van der Waals surface area contributed by atoms with Crippen LogP contribution >= 0.6 is 0 Å². The second kappa shape index (κ2) is 20.5. The van der Waals surface area contributed by atoms with Crippen LogP contribution in [-0.2, 0) is 0 Å². The second-order valence-electron chi connectivity index (χ2n) is 19.9. The number of aliphatic hydroxyl groups excluding tert-OH is 1. The van der Waals surface area contributed by atoms with Gasteiger partial charge in [0.05, 0.1) is 18.2 Å². The molecule has 9 rings (SSSR count). The summed E-state index contributed by atoms with van der Waals surface area (Å²) in [7, 11) is 0. The first-order valence-corrected chi connectivity index (χ1v) is 25.4. The molecule has 0 bridgehead atoms. The highest BCUT2D eigenvalue weighted by molar-refractivity contribution is 5.96. The maximum absolute atomic E-state index is 10.4. The summed E-state index contributed by atoms with van der Waals surface area (Å²) in [5.41, 5.74) is 10.1. The van der Waals surface area contributed by atoms with Crippen molar-refractivity contribution in [1.29, 1.82) is 0 Å². The molecule has 4 atom stereocenters. The van der Waals surface area contributed by atoms with Crippen LogP contribution in [0.5, 0.6) is 0 Å². The number of aliphatic hydroxyl groups is 1. The summed E-state index contributed by atoms with van der Waals surface area (Å²) in [5.74, 6) is 1.02. The first kappa shape index (κ1) is 43.6. The second-order valence-corrected chi connectivity index (χ2v) is 19.9. The largest absolute Gasteiger partial charge is 0.393 e. The van der Waals surface area contributed by atoms with Gasteiger partial charge in [0.2, 0.25) is 0 Å². The van der Waals surface area contributed by atoms with Crippen LogP contribution in [0, 0.1) is 0 Å². The zero-order chi connectivity index (χ0) is 43.1. The molecule has 330 valence electrons. The number of hydrogen-bond donors (Lipinski definition) is 1. The van der Waals surface area contributed by atoms with Crippen LogP contribution in [0.1, 0.15) is 188 Å². The molecule has 3 fully saturated rings. The summed E-state index contributed by atoms with van der Waals surface area (Å²) >= 11 is 0. The normalized spacial score (nSPS) is 18.9. The Hall–Kier alpha value is -4.60. The van der Waals surface area contributed by atoms with E-state index in [1.54, 1.807) is 5.56 Å². The molecule has 3 saturated carbocycles. The van der Waals surface area contributed by atoms with Gasteiger partial charge in [0.25, 0.3) is 0 Å². The minimum absolute atomic E-state index is 0.0201. The van der Waals surface area contributed by atoms with Gasteiger partial charge in [-0.2, -0.15) is 0 Å². The Morgan fingerprint density at radius 3 is 1.63 bits per heavy atom. The van der Waals surface area contributed by atoms with E-state index in [4.69, 9.17) is 0 Å². The van der Waals surface area contributed by atoms with Gasteiger partial charge in [-0.3, -0.25) is 0 Å². The lowest BCUT2D eigenvalue weighted by atomic mass is 9.79. The summed E-state index contributed by atoms with van der Waals surface area (Å²) in [6.07, 6.45) is 21.9. The molecule has 0 spiro atoms. The topological polar surface area (TPSA) is 26.7 Å². The summed E-state index contributed by atoms with van der Waals surface area (Å²) in [6.45, 7) is 6.84. The Morgan fingerprint density at radius 2 is 1.03 bits per heavy atom. The fourth-order valence-corrected chi connectivity index (χ4v) is 12.4. The van der Waals surface area contributed by atoms with Crippen molar-refractivity contribution in [3.63, 3.8) is 0 Å². The molecule has 1 N–H and O–H groups in total. The monoisotopic (exact) mass is 839 g/mol. The van der Waals surface area contributed by atoms with Crippen molar-refractivity contribution < 1.29 is 5.11 Å². The van der Waals surface area contributed by atoms with Crippen molar-refractivity contribution in [3.05, 3.63) is 155 Å². The third-order valence-corrected chi connectivity index (χ3v) is 15.8. The van der Waals surface area contributed by atoms with Crippen LogP contribution < -0.4 is 9.80 Å². The molecule has 0 aromatic heterocycles. The quantitative estimate of drug-likeness (QED) is 0.112. The zero-order valence-corrected chi connectivity index (χ0v) is 38.7. The fraction of sp³-hybridized carbons (Fsp3) is 0.467. The average molecular weight is 839 g/mol. The molecule has 3 aliphatic rings. The van der Waals surface area contributed by atoms with Crippen molar-refractivity contribution in [2.45, 2.75) is 178 Å². The van der Waals surface area contributed by atoms with E-state index in [1.807, 2.05) is 6.92 Å². The average Bonchev–Trinajstić information content (AvgIpc) is 3.34. The molecule has 4 unspecified atom stereocenters. The lowest BCUT2D eigenvalue weighted by molar-refractivity contribution is 0.178. The van der Waals surface area contributed by atoms with E-state index in [0.717, 1.165) is 19.3 Å². The molecule has 6 aromatic carbocycles. The third kappa shape index (κ3) is 9.61. The van der Waals surface area contributed by atoms with Gasteiger partial charge in [0.1, 0.15) is 0 Å². The van der Waals surface area contributed by atoms with Crippen LogP contribution in [0.3, 0.4) is 0 Å². The van der Waals surface area contributed by atoms with Gasteiger partial charge in [0.15, 0.2) is 0 Å². The van der Waals surface area contributed by atoms with Gasteiger partial charge in [-0.15, -0.1) is 0 Å². The van der Waals surface area contributed by atoms with E-state index in [9.17, 15) is 5.11 Å². The highest BCUT2D eigenvalue weighted by Crippen LogP contribution is 2.48. The fourth-order valence-electron chi connectivity index (χ4n) is 12.4.